The summed E-state index contributed by atoms with van der Waals surface area (Å²) in [6.45, 7) is 14.2. The maximum atomic E-state index is 10.6. The van der Waals surface area contributed by atoms with Gasteiger partial charge in [0.05, 0.1) is 0 Å². The molecule has 0 heterocycles. The highest BCUT2D eigenvalue weighted by Crippen LogP contribution is 2.34. The van der Waals surface area contributed by atoms with Crippen LogP contribution in [0.3, 0.4) is 0 Å². The Labute approximate surface area is 78.6 Å². The van der Waals surface area contributed by atoms with Gasteiger partial charge in [-0.25, -0.2) is 0 Å². The zero-order valence-electron chi connectivity index (χ0n) is 9.27. The summed E-state index contributed by atoms with van der Waals surface area (Å²) in [5, 5.41) is 0.738. The number of rotatable bonds is 4. The Balaban J connectivity index is 4.56. The zero-order valence-corrected chi connectivity index (χ0v) is 11.3. The molecule has 1 nitrogen and oxygen atoms in total. The Morgan fingerprint density at radius 3 is 1.42 bits per heavy atom. The van der Waals surface area contributed by atoms with Gasteiger partial charge in [0.2, 0.25) is 0 Å². The molecule has 0 aromatic heterocycles. The second-order valence-electron chi connectivity index (χ2n) is 5.69. The fourth-order valence-electron chi connectivity index (χ4n) is 2.10. The standard InChI is InChI=1S/C9H22OSi2/c1-11(2,3)9(7-8-10)12(4,5)6/h8-9H,7H2,1-6H3. The fraction of sp³-hybridized carbons (Fsp3) is 0.889. The van der Waals surface area contributed by atoms with E-state index >= 15 is 0 Å². The highest BCUT2D eigenvalue weighted by Gasteiger charge is 2.36. The van der Waals surface area contributed by atoms with Crippen LogP contribution in [0.4, 0.5) is 0 Å². The average molecular weight is 202 g/mol. The van der Waals surface area contributed by atoms with Gasteiger partial charge in [0.15, 0.2) is 0 Å². The van der Waals surface area contributed by atoms with Gasteiger partial charge in [0.1, 0.15) is 6.29 Å². The predicted molar refractivity (Wildman–Crippen MR) is 61.1 cm³/mol. The monoisotopic (exact) mass is 202 g/mol. The minimum atomic E-state index is -1.11. The molecule has 0 atom stereocenters. The second-order valence-corrected chi connectivity index (χ2v) is 17.1. The van der Waals surface area contributed by atoms with E-state index in [9.17, 15) is 4.79 Å². The van der Waals surface area contributed by atoms with Crippen molar-refractivity contribution >= 4 is 22.4 Å². The van der Waals surface area contributed by atoms with Gasteiger partial charge < -0.3 is 4.79 Å². The van der Waals surface area contributed by atoms with Crippen LogP contribution >= 0.6 is 0 Å². The first-order valence-electron chi connectivity index (χ1n) is 4.63. The number of hydrogen-bond acceptors (Lipinski definition) is 1. The van der Waals surface area contributed by atoms with Crippen molar-refractivity contribution in [3.05, 3.63) is 0 Å². The molecule has 0 amide bonds. The Bertz CT molecular complexity index is 139. The molecule has 0 aromatic rings. The lowest BCUT2D eigenvalue weighted by molar-refractivity contribution is -0.107. The summed E-state index contributed by atoms with van der Waals surface area (Å²) < 4.78 is 0. The molecule has 0 aliphatic rings. The van der Waals surface area contributed by atoms with Gasteiger partial charge in [-0.15, -0.1) is 0 Å². The molecule has 0 radical (unpaired) electrons. The van der Waals surface area contributed by atoms with E-state index in [2.05, 4.69) is 39.3 Å². The summed E-state index contributed by atoms with van der Waals surface area (Å²) in [5.74, 6) is 0. The van der Waals surface area contributed by atoms with Crippen molar-refractivity contribution in [3.8, 4) is 0 Å². The molecule has 0 aliphatic carbocycles. The lowest BCUT2D eigenvalue weighted by Crippen LogP contribution is -2.43. The van der Waals surface area contributed by atoms with Crippen LogP contribution in [-0.4, -0.2) is 22.4 Å². The van der Waals surface area contributed by atoms with Crippen molar-refractivity contribution in [1.82, 2.24) is 0 Å². The minimum absolute atomic E-state index is 0.738. The third-order valence-electron chi connectivity index (χ3n) is 2.42. The van der Waals surface area contributed by atoms with Crippen molar-refractivity contribution in [2.24, 2.45) is 0 Å². The van der Waals surface area contributed by atoms with E-state index in [1.165, 1.54) is 0 Å². The molecule has 0 spiro atoms. The first kappa shape index (κ1) is 12.1. The smallest absolute Gasteiger partial charge is 0.119 e. The van der Waals surface area contributed by atoms with Gasteiger partial charge in [-0.3, -0.25) is 0 Å². The van der Waals surface area contributed by atoms with Crippen LogP contribution in [0.15, 0.2) is 0 Å². The molecule has 0 saturated heterocycles. The Hall–Kier alpha value is 0.104. The molecule has 72 valence electrons. The summed E-state index contributed by atoms with van der Waals surface area (Å²) in [4.78, 5) is 10.6. The number of carbonyl (C=O) groups excluding carboxylic acids is 1. The van der Waals surface area contributed by atoms with Gasteiger partial charge in [-0.1, -0.05) is 39.3 Å². The molecule has 0 aliphatic heterocycles. The molecule has 0 fully saturated rings. The third kappa shape index (κ3) is 3.67. The van der Waals surface area contributed by atoms with Crippen LogP contribution in [0.1, 0.15) is 6.42 Å². The van der Waals surface area contributed by atoms with Crippen LogP contribution in [0.5, 0.6) is 0 Å². The van der Waals surface area contributed by atoms with E-state index < -0.39 is 16.1 Å². The summed E-state index contributed by atoms with van der Waals surface area (Å²) in [6.07, 6.45) is 1.91. The van der Waals surface area contributed by atoms with Gasteiger partial charge in [0, 0.05) is 22.6 Å². The Morgan fingerprint density at radius 1 is 1.00 bits per heavy atom. The molecule has 12 heavy (non-hydrogen) atoms. The fourth-order valence-corrected chi connectivity index (χ4v) is 14.1. The topological polar surface area (TPSA) is 17.1 Å². The largest absolute Gasteiger partial charge is 0.303 e. The molecule has 0 N–H and O–H groups in total. The third-order valence-corrected chi connectivity index (χ3v) is 12.3. The van der Waals surface area contributed by atoms with Crippen LogP contribution in [0.25, 0.3) is 0 Å². The van der Waals surface area contributed by atoms with Crippen molar-refractivity contribution in [2.75, 3.05) is 0 Å². The van der Waals surface area contributed by atoms with Crippen LogP contribution < -0.4 is 0 Å². The first-order chi connectivity index (χ1) is 5.19. The van der Waals surface area contributed by atoms with Crippen molar-refractivity contribution in [1.29, 1.82) is 0 Å². The van der Waals surface area contributed by atoms with Crippen LogP contribution in [0.2, 0.25) is 44.4 Å². The maximum absolute atomic E-state index is 10.6. The van der Waals surface area contributed by atoms with Crippen molar-refractivity contribution in [3.63, 3.8) is 0 Å². The number of carbonyl (C=O) groups is 1. The Kier molecular flexibility index (Phi) is 3.91. The highest BCUT2D eigenvalue weighted by atomic mass is 28.4. The lowest BCUT2D eigenvalue weighted by Gasteiger charge is -2.37. The molecular weight excluding hydrogens is 180 g/mol. The lowest BCUT2D eigenvalue weighted by atomic mass is 10.5. The first-order valence-corrected chi connectivity index (χ1v) is 11.8. The van der Waals surface area contributed by atoms with E-state index in [4.69, 9.17) is 0 Å². The van der Waals surface area contributed by atoms with Gasteiger partial charge in [-0.05, 0) is 5.16 Å². The number of hydrogen-bond donors (Lipinski definition) is 0. The molecule has 0 rings (SSSR count). The summed E-state index contributed by atoms with van der Waals surface area (Å²) in [7, 11) is -2.23. The quantitative estimate of drug-likeness (QED) is 0.505. The zero-order chi connectivity index (χ0) is 9.99. The average Bonchev–Trinajstić information content (AvgIpc) is 1.77. The molecule has 0 saturated carbocycles. The van der Waals surface area contributed by atoms with Gasteiger partial charge in [0.25, 0.3) is 0 Å². The molecule has 0 bridgehead atoms. The summed E-state index contributed by atoms with van der Waals surface area (Å²) >= 11 is 0. The molecule has 0 aromatic carbocycles. The van der Waals surface area contributed by atoms with E-state index in [1.807, 2.05) is 0 Å². The summed E-state index contributed by atoms with van der Waals surface area (Å²) in [6, 6.07) is 0. The van der Waals surface area contributed by atoms with Gasteiger partial charge in [-0.2, -0.15) is 0 Å². The van der Waals surface area contributed by atoms with Crippen molar-refractivity contribution in [2.45, 2.75) is 50.9 Å². The van der Waals surface area contributed by atoms with Crippen LogP contribution in [0, 0.1) is 0 Å². The van der Waals surface area contributed by atoms with Gasteiger partial charge >= 0.3 is 0 Å². The van der Waals surface area contributed by atoms with Crippen molar-refractivity contribution < 1.29 is 4.79 Å². The summed E-state index contributed by atoms with van der Waals surface area (Å²) in [5.41, 5.74) is 0. The molecule has 3 heteroatoms. The molecular formula is C9H22OSi2. The SMILES string of the molecule is C[Si](C)(C)C(CC=O)[Si](C)(C)C. The van der Waals surface area contributed by atoms with E-state index in [-0.39, 0.29) is 0 Å². The minimum Gasteiger partial charge on any atom is -0.303 e. The second kappa shape index (κ2) is 3.87. The Morgan fingerprint density at radius 2 is 1.33 bits per heavy atom. The maximum Gasteiger partial charge on any atom is 0.119 e. The molecule has 0 unspecified atom stereocenters. The highest BCUT2D eigenvalue weighted by molar-refractivity contribution is 6.96. The predicted octanol–water partition coefficient (Wildman–Crippen LogP) is 3.16. The van der Waals surface area contributed by atoms with E-state index in [0.717, 1.165) is 17.9 Å². The van der Waals surface area contributed by atoms with E-state index in [0.29, 0.717) is 0 Å². The van der Waals surface area contributed by atoms with E-state index in [1.54, 1.807) is 0 Å². The normalized spacial score (nSPS) is 13.6. The van der Waals surface area contributed by atoms with Crippen LogP contribution in [-0.2, 0) is 4.79 Å². The number of aldehydes is 1.